The van der Waals surface area contributed by atoms with Crippen LogP contribution in [0.3, 0.4) is 0 Å². The van der Waals surface area contributed by atoms with Crippen LogP contribution in [0, 0.1) is 0 Å². The molecule has 6 heteroatoms. The highest BCUT2D eigenvalue weighted by atomic mass is 79.9. The molecule has 0 bridgehead atoms. The number of thioether (sulfide) groups is 1. The topological polar surface area (TPSA) is 41.1 Å². The minimum atomic E-state index is 0.643. The highest BCUT2D eigenvalue weighted by Gasteiger charge is 2.08. The van der Waals surface area contributed by atoms with E-state index >= 15 is 0 Å². The summed E-state index contributed by atoms with van der Waals surface area (Å²) < 4.78 is 0.921. The van der Waals surface area contributed by atoms with E-state index in [9.17, 15) is 0 Å². The Kier molecular flexibility index (Phi) is 5.17. The van der Waals surface area contributed by atoms with Crippen molar-refractivity contribution < 1.29 is 0 Å². The first-order valence-electron chi connectivity index (χ1n) is 4.59. The van der Waals surface area contributed by atoms with E-state index in [1.165, 1.54) is 0 Å². The number of hydrogen-bond donors (Lipinski definition) is 1. The fourth-order valence-corrected chi connectivity index (χ4v) is 2.03. The summed E-state index contributed by atoms with van der Waals surface area (Å²) in [6.45, 7) is 0.972. The molecule has 0 radical (unpaired) electrons. The van der Waals surface area contributed by atoms with Gasteiger partial charge in [0.1, 0.15) is 5.82 Å². The largest absolute Gasteiger partial charge is 0.358 e. The van der Waals surface area contributed by atoms with E-state index in [1.54, 1.807) is 6.20 Å². The molecule has 84 valence electrons. The number of halogens is 1. The van der Waals surface area contributed by atoms with Crippen LogP contribution in [0.25, 0.3) is 0 Å². The highest BCUT2D eigenvalue weighted by Crippen LogP contribution is 2.23. The Morgan fingerprint density at radius 3 is 2.93 bits per heavy atom. The van der Waals surface area contributed by atoms with Gasteiger partial charge in [0.25, 0.3) is 0 Å². The minimum Gasteiger partial charge on any atom is -0.358 e. The summed E-state index contributed by atoms with van der Waals surface area (Å²) in [5.74, 6) is 2.65. The van der Waals surface area contributed by atoms with Crippen molar-refractivity contribution in [2.75, 3.05) is 42.9 Å². The average molecular weight is 291 g/mol. The van der Waals surface area contributed by atoms with Crippen molar-refractivity contribution >= 4 is 39.5 Å². The molecule has 0 fully saturated rings. The third-order valence-corrected chi connectivity index (χ3v) is 3.09. The lowest BCUT2D eigenvalue weighted by atomic mass is 10.5. The Hall–Kier alpha value is -0.490. The molecule has 4 nitrogen and oxygen atoms in total. The van der Waals surface area contributed by atoms with Crippen molar-refractivity contribution in [1.29, 1.82) is 0 Å². The first-order valence-corrected chi connectivity index (χ1v) is 6.78. The van der Waals surface area contributed by atoms with E-state index < -0.39 is 0 Å². The zero-order valence-electron chi connectivity index (χ0n) is 9.12. The lowest BCUT2D eigenvalue weighted by Gasteiger charge is -2.19. The first-order chi connectivity index (χ1) is 7.19. The number of nitrogens with one attached hydrogen (secondary N) is 1. The van der Waals surface area contributed by atoms with E-state index in [0.29, 0.717) is 5.95 Å². The molecule has 0 amide bonds. The fraction of sp³-hybridized carbons (Fsp3) is 0.556. The lowest BCUT2D eigenvalue weighted by molar-refractivity contribution is 0.931. The lowest BCUT2D eigenvalue weighted by Crippen LogP contribution is -2.22. The van der Waals surface area contributed by atoms with Crippen LogP contribution in [0.2, 0.25) is 0 Å². The van der Waals surface area contributed by atoms with Gasteiger partial charge >= 0.3 is 0 Å². The molecule has 0 unspecified atom stereocenters. The van der Waals surface area contributed by atoms with Gasteiger partial charge in [0, 0.05) is 32.6 Å². The summed E-state index contributed by atoms with van der Waals surface area (Å²) >= 11 is 5.28. The van der Waals surface area contributed by atoms with E-state index in [2.05, 4.69) is 42.4 Å². The fourth-order valence-electron chi connectivity index (χ4n) is 1.08. The van der Waals surface area contributed by atoms with Gasteiger partial charge in [-0.3, -0.25) is 0 Å². The van der Waals surface area contributed by atoms with Gasteiger partial charge in [-0.15, -0.1) is 0 Å². The maximum absolute atomic E-state index is 4.39. The summed E-state index contributed by atoms with van der Waals surface area (Å²) in [5, 5.41) is 2.93. The molecule has 0 aromatic carbocycles. The number of hydrogen-bond acceptors (Lipinski definition) is 5. The predicted molar refractivity (Wildman–Crippen MR) is 70.9 cm³/mol. The van der Waals surface area contributed by atoms with Crippen LogP contribution in [0.5, 0.6) is 0 Å². The van der Waals surface area contributed by atoms with E-state index in [4.69, 9.17) is 0 Å². The van der Waals surface area contributed by atoms with E-state index in [1.807, 2.05) is 25.9 Å². The molecule has 1 rings (SSSR count). The number of aromatic nitrogens is 2. The molecule has 0 saturated heterocycles. The SMILES string of the molecule is CNc1ncc(Br)c(N(C)CCSC)n1. The monoisotopic (exact) mass is 290 g/mol. The third-order valence-electron chi connectivity index (χ3n) is 1.94. The first kappa shape index (κ1) is 12.6. The highest BCUT2D eigenvalue weighted by molar-refractivity contribution is 9.10. The molecule has 1 aromatic rings. The zero-order chi connectivity index (χ0) is 11.3. The molecule has 0 aliphatic rings. The molecule has 1 heterocycles. The van der Waals surface area contributed by atoms with Gasteiger partial charge in [0.2, 0.25) is 5.95 Å². The normalized spacial score (nSPS) is 10.1. The molecule has 0 aliphatic carbocycles. The molecule has 0 aliphatic heterocycles. The standard InChI is InChI=1S/C9H15BrN4S/c1-11-9-12-6-7(10)8(13-9)14(2)4-5-15-3/h6H,4-5H2,1-3H3,(H,11,12,13). The number of anilines is 2. The van der Waals surface area contributed by atoms with Gasteiger partial charge < -0.3 is 10.2 Å². The van der Waals surface area contributed by atoms with Crippen LogP contribution in [0.1, 0.15) is 0 Å². The van der Waals surface area contributed by atoms with Gasteiger partial charge in [-0.1, -0.05) is 0 Å². The molecular formula is C9H15BrN4S. The van der Waals surface area contributed by atoms with Crippen LogP contribution in [-0.2, 0) is 0 Å². The second-order valence-electron chi connectivity index (χ2n) is 3.03. The van der Waals surface area contributed by atoms with Crippen molar-refractivity contribution in [1.82, 2.24) is 9.97 Å². The van der Waals surface area contributed by atoms with Crippen LogP contribution in [-0.4, -0.2) is 42.6 Å². The Morgan fingerprint density at radius 1 is 1.60 bits per heavy atom. The van der Waals surface area contributed by atoms with Gasteiger partial charge in [0.15, 0.2) is 0 Å². The van der Waals surface area contributed by atoms with Crippen LogP contribution >= 0.6 is 27.7 Å². The quantitative estimate of drug-likeness (QED) is 0.899. The van der Waals surface area contributed by atoms with Gasteiger partial charge in [-0.2, -0.15) is 16.7 Å². The molecule has 0 atom stereocenters. The Morgan fingerprint density at radius 2 is 2.33 bits per heavy atom. The maximum Gasteiger partial charge on any atom is 0.224 e. The molecule has 1 aromatic heterocycles. The summed E-state index contributed by atoms with van der Waals surface area (Å²) in [7, 11) is 3.84. The van der Waals surface area contributed by atoms with Crippen molar-refractivity contribution in [3.05, 3.63) is 10.7 Å². The Labute approximate surface area is 103 Å². The maximum atomic E-state index is 4.39. The molecule has 0 spiro atoms. The van der Waals surface area contributed by atoms with E-state index in [0.717, 1.165) is 22.6 Å². The second-order valence-corrected chi connectivity index (χ2v) is 4.87. The van der Waals surface area contributed by atoms with Crippen LogP contribution in [0.15, 0.2) is 10.7 Å². The van der Waals surface area contributed by atoms with Gasteiger partial charge in [-0.25, -0.2) is 4.98 Å². The molecule has 1 N–H and O–H groups in total. The predicted octanol–water partition coefficient (Wildman–Crippen LogP) is 2.08. The Balaban J connectivity index is 2.81. The smallest absolute Gasteiger partial charge is 0.224 e. The summed E-state index contributed by atoms with van der Waals surface area (Å²) in [6.07, 6.45) is 3.87. The number of rotatable bonds is 5. The second kappa shape index (κ2) is 6.17. The van der Waals surface area contributed by atoms with Crippen LogP contribution in [0.4, 0.5) is 11.8 Å². The molecule has 0 saturated carbocycles. The van der Waals surface area contributed by atoms with Gasteiger partial charge in [0.05, 0.1) is 4.47 Å². The molecular weight excluding hydrogens is 276 g/mol. The zero-order valence-corrected chi connectivity index (χ0v) is 11.5. The summed E-state index contributed by atoms with van der Waals surface area (Å²) in [6, 6.07) is 0. The average Bonchev–Trinajstić information content (AvgIpc) is 2.26. The van der Waals surface area contributed by atoms with Crippen molar-refractivity contribution in [2.45, 2.75) is 0 Å². The van der Waals surface area contributed by atoms with Crippen molar-refractivity contribution in [3.8, 4) is 0 Å². The minimum absolute atomic E-state index is 0.643. The number of nitrogens with zero attached hydrogens (tertiary/aromatic N) is 3. The Bertz CT molecular complexity index is 321. The third kappa shape index (κ3) is 3.53. The van der Waals surface area contributed by atoms with Gasteiger partial charge in [-0.05, 0) is 22.2 Å². The summed E-state index contributed by atoms with van der Waals surface area (Å²) in [4.78, 5) is 10.6. The molecule has 15 heavy (non-hydrogen) atoms. The van der Waals surface area contributed by atoms with Crippen molar-refractivity contribution in [2.24, 2.45) is 0 Å². The van der Waals surface area contributed by atoms with E-state index in [-0.39, 0.29) is 0 Å². The van der Waals surface area contributed by atoms with Crippen LogP contribution < -0.4 is 10.2 Å². The van der Waals surface area contributed by atoms with Crippen molar-refractivity contribution in [3.63, 3.8) is 0 Å². The summed E-state index contributed by atoms with van der Waals surface area (Å²) in [5.41, 5.74) is 0.